The van der Waals surface area contributed by atoms with Crippen molar-refractivity contribution in [2.45, 2.75) is 98.3 Å². The van der Waals surface area contributed by atoms with E-state index in [0.717, 1.165) is 38.0 Å². The highest BCUT2D eigenvalue weighted by molar-refractivity contribution is 6.03. The summed E-state index contributed by atoms with van der Waals surface area (Å²) >= 11 is 0. The zero-order valence-electron chi connectivity index (χ0n) is 20.3. The van der Waals surface area contributed by atoms with Crippen molar-refractivity contribution in [3.8, 4) is 0 Å². The smallest absolute Gasteiger partial charge is 0.339 e. The number of carbonyl (C=O) groups excluding carboxylic acids is 2. The van der Waals surface area contributed by atoms with Crippen molar-refractivity contribution in [2.75, 3.05) is 13.2 Å². The molecule has 1 aromatic carbocycles. The lowest BCUT2D eigenvalue weighted by Crippen LogP contribution is -2.15. The highest BCUT2D eigenvalue weighted by Crippen LogP contribution is 2.15. The van der Waals surface area contributed by atoms with Crippen LogP contribution in [0.5, 0.6) is 0 Å². The quantitative estimate of drug-likeness (QED) is 0.188. The fraction of sp³-hybridized carbons (Fsp3) is 0.704. The Morgan fingerprint density at radius 2 is 0.968 bits per heavy atom. The number of ether oxygens (including phenoxy) is 2. The van der Waals surface area contributed by atoms with E-state index < -0.39 is 11.9 Å². The van der Waals surface area contributed by atoms with Crippen LogP contribution in [0.15, 0.2) is 24.3 Å². The Bertz CT molecular complexity index is 621. The van der Waals surface area contributed by atoms with Gasteiger partial charge in [-0.15, -0.1) is 0 Å². The van der Waals surface area contributed by atoms with Gasteiger partial charge in [0.1, 0.15) is 0 Å². The van der Waals surface area contributed by atoms with E-state index >= 15 is 0 Å². The maximum absolute atomic E-state index is 12.5. The largest absolute Gasteiger partial charge is 0.462 e. The van der Waals surface area contributed by atoms with Gasteiger partial charge in [0.2, 0.25) is 0 Å². The summed E-state index contributed by atoms with van der Waals surface area (Å²) in [4.78, 5) is 24.9. The van der Waals surface area contributed by atoms with Gasteiger partial charge in [-0.05, 0) is 36.8 Å². The summed E-state index contributed by atoms with van der Waals surface area (Å²) in [5.74, 6) is 0.601. The molecule has 0 atom stereocenters. The summed E-state index contributed by atoms with van der Waals surface area (Å²) in [5, 5.41) is 0. The van der Waals surface area contributed by atoms with Gasteiger partial charge >= 0.3 is 11.9 Å². The van der Waals surface area contributed by atoms with E-state index in [9.17, 15) is 9.59 Å². The van der Waals surface area contributed by atoms with Crippen LogP contribution in [0.1, 0.15) is 119 Å². The molecule has 1 aromatic rings. The van der Waals surface area contributed by atoms with Gasteiger partial charge in [-0.1, -0.05) is 97.6 Å². The van der Waals surface area contributed by atoms with E-state index in [4.69, 9.17) is 9.47 Å². The molecule has 0 N–H and O–H groups in total. The molecule has 176 valence electrons. The van der Waals surface area contributed by atoms with E-state index in [0.29, 0.717) is 30.3 Å². The van der Waals surface area contributed by atoms with Crippen molar-refractivity contribution >= 4 is 11.9 Å². The number of hydrogen-bond donors (Lipinski definition) is 0. The third-order valence-electron chi connectivity index (χ3n) is 5.43. The summed E-state index contributed by atoms with van der Waals surface area (Å²) in [6.45, 7) is 9.74. The van der Waals surface area contributed by atoms with Gasteiger partial charge in [-0.2, -0.15) is 0 Å². The zero-order chi connectivity index (χ0) is 22.9. The molecule has 31 heavy (non-hydrogen) atoms. The van der Waals surface area contributed by atoms with Crippen molar-refractivity contribution in [3.05, 3.63) is 35.4 Å². The Kier molecular flexibility index (Phi) is 14.7. The Balaban J connectivity index is 2.28. The standard InChI is InChI=1S/C27H44O4/c1-22(2)16-10-7-5-6-8-14-20-30-26(28)24-18-12-13-19-25(24)27(29)31-21-15-9-11-17-23(3)4/h12-13,18-19,22-23H,5-11,14-17,20-21H2,1-4H3. The number of carbonyl (C=O) groups is 2. The second-order valence-electron chi connectivity index (χ2n) is 9.36. The molecule has 0 aromatic heterocycles. The predicted octanol–water partition coefficient (Wildman–Crippen LogP) is 7.60. The molecule has 0 amide bonds. The van der Waals surface area contributed by atoms with Crippen LogP contribution in [-0.4, -0.2) is 25.2 Å². The number of rotatable bonds is 17. The van der Waals surface area contributed by atoms with Crippen LogP contribution >= 0.6 is 0 Å². The lowest BCUT2D eigenvalue weighted by atomic mass is 10.0. The van der Waals surface area contributed by atoms with Gasteiger partial charge in [-0.25, -0.2) is 9.59 Å². The zero-order valence-corrected chi connectivity index (χ0v) is 20.3. The molecule has 4 nitrogen and oxygen atoms in total. The molecule has 0 spiro atoms. The van der Waals surface area contributed by atoms with E-state index in [-0.39, 0.29) is 0 Å². The Morgan fingerprint density at radius 1 is 0.613 bits per heavy atom. The SMILES string of the molecule is CC(C)CCCCCCCCOC(=O)c1ccccc1C(=O)OCCCCCC(C)C. The van der Waals surface area contributed by atoms with Crippen LogP contribution < -0.4 is 0 Å². The van der Waals surface area contributed by atoms with E-state index in [1.165, 1.54) is 38.5 Å². The molecule has 0 saturated carbocycles. The van der Waals surface area contributed by atoms with Crippen LogP contribution in [0, 0.1) is 11.8 Å². The first-order valence-electron chi connectivity index (χ1n) is 12.3. The third-order valence-corrected chi connectivity index (χ3v) is 5.43. The molecule has 0 aliphatic rings. The lowest BCUT2D eigenvalue weighted by molar-refractivity contribution is 0.0450. The highest BCUT2D eigenvalue weighted by atomic mass is 16.5. The molecule has 0 aliphatic heterocycles. The first kappa shape index (κ1) is 27.2. The summed E-state index contributed by atoms with van der Waals surface area (Å²) in [7, 11) is 0. The molecule has 0 radical (unpaired) electrons. The molecular weight excluding hydrogens is 388 g/mol. The maximum Gasteiger partial charge on any atom is 0.339 e. The monoisotopic (exact) mass is 432 g/mol. The van der Waals surface area contributed by atoms with Gasteiger partial charge in [0.05, 0.1) is 24.3 Å². The number of esters is 2. The molecule has 1 rings (SSSR count). The van der Waals surface area contributed by atoms with Crippen LogP contribution in [0.3, 0.4) is 0 Å². The minimum atomic E-state index is -0.446. The Labute approximate surface area is 190 Å². The lowest BCUT2D eigenvalue weighted by Gasteiger charge is -2.10. The number of hydrogen-bond acceptors (Lipinski definition) is 4. The first-order valence-corrected chi connectivity index (χ1v) is 12.3. The summed E-state index contributed by atoms with van der Waals surface area (Å²) in [6, 6.07) is 6.76. The minimum absolute atomic E-state index is 0.292. The van der Waals surface area contributed by atoms with Gasteiger partial charge in [0.15, 0.2) is 0 Å². The van der Waals surface area contributed by atoms with Crippen molar-refractivity contribution in [3.63, 3.8) is 0 Å². The van der Waals surface area contributed by atoms with Crippen molar-refractivity contribution in [1.29, 1.82) is 0 Å². The first-order chi connectivity index (χ1) is 14.9. The molecule has 0 unspecified atom stereocenters. The van der Waals surface area contributed by atoms with Gasteiger partial charge in [0.25, 0.3) is 0 Å². The van der Waals surface area contributed by atoms with Crippen LogP contribution in [0.2, 0.25) is 0 Å². The topological polar surface area (TPSA) is 52.6 Å². The van der Waals surface area contributed by atoms with Crippen molar-refractivity contribution in [1.82, 2.24) is 0 Å². The van der Waals surface area contributed by atoms with Gasteiger partial charge in [0, 0.05) is 0 Å². The molecule has 0 fully saturated rings. The van der Waals surface area contributed by atoms with Crippen LogP contribution in [0.25, 0.3) is 0 Å². The van der Waals surface area contributed by atoms with Gasteiger partial charge in [-0.3, -0.25) is 0 Å². The minimum Gasteiger partial charge on any atom is -0.462 e. The fourth-order valence-corrected chi connectivity index (χ4v) is 3.52. The van der Waals surface area contributed by atoms with E-state index in [1.54, 1.807) is 24.3 Å². The molecule has 4 heteroatoms. The van der Waals surface area contributed by atoms with Crippen molar-refractivity contribution in [2.24, 2.45) is 11.8 Å². The van der Waals surface area contributed by atoms with Crippen molar-refractivity contribution < 1.29 is 19.1 Å². The van der Waals surface area contributed by atoms with E-state index in [1.807, 2.05) is 0 Å². The normalized spacial score (nSPS) is 11.2. The molecule has 0 bridgehead atoms. The molecular formula is C27H44O4. The fourth-order valence-electron chi connectivity index (χ4n) is 3.52. The predicted molar refractivity (Wildman–Crippen MR) is 127 cm³/mol. The summed E-state index contributed by atoms with van der Waals surface area (Å²) in [6.07, 6.45) is 12.5. The average molecular weight is 433 g/mol. The molecule has 0 aliphatic carbocycles. The van der Waals surface area contributed by atoms with E-state index in [2.05, 4.69) is 27.7 Å². The summed E-state index contributed by atoms with van der Waals surface area (Å²) in [5.41, 5.74) is 0.584. The third kappa shape index (κ3) is 13.2. The van der Waals surface area contributed by atoms with Crippen LogP contribution in [0.4, 0.5) is 0 Å². The maximum atomic E-state index is 12.5. The van der Waals surface area contributed by atoms with Gasteiger partial charge < -0.3 is 9.47 Å². The number of benzene rings is 1. The average Bonchev–Trinajstić information content (AvgIpc) is 2.74. The number of unbranched alkanes of at least 4 members (excludes halogenated alkanes) is 7. The van der Waals surface area contributed by atoms with Crippen LogP contribution in [-0.2, 0) is 9.47 Å². The Hall–Kier alpha value is -1.84. The second-order valence-corrected chi connectivity index (χ2v) is 9.36. The Morgan fingerprint density at radius 3 is 1.39 bits per heavy atom. The molecule has 0 saturated heterocycles. The summed E-state index contributed by atoms with van der Waals surface area (Å²) < 4.78 is 10.8. The highest BCUT2D eigenvalue weighted by Gasteiger charge is 2.18. The second kappa shape index (κ2) is 16.8. The molecule has 0 heterocycles.